The Morgan fingerprint density at radius 2 is 1.89 bits per heavy atom. The Morgan fingerprint density at radius 3 is 2.57 bits per heavy atom. The summed E-state index contributed by atoms with van der Waals surface area (Å²) in [5.41, 5.74) is 1.06. The van der Waals surface area contributed by atoms with Crippen LogP contribution in [0.15, 0.2) is 46.1 Å². The van der Waals surface area contributed by atoms with Gasteiger partial charge in [0, 0.05) is 24.6 Å². The van der Waals surface area contributed by atoms with E-state index in [9.17, 15) is 14.4 Å². The lowest BCUT2D eigenvalue weighted by atomic mass is 10.3. The largest absolute Gasteiger partial charge is 0.465 e. The molecule has 0 bridgehead atoms. The van der Waals surface area contributed by atoms with Gasteiger partial charge in [0.15, 0.2) is 11.2 Å². The monoisotopic (exact) mass is 381 g/mol. The number of carbonyl (C=O) groups excluding carboxylic acids is 1. The minimum atomic E-state index is -0.639. The predicted octanol–water partition coefficient (Wildman–Crippen LogP) is 1.01. The van der Waals surface area contributed by atoms with Crippen LogP contribution in [0.3, 0.4) is 0 Å². The molecule has 0 fully saturated rings. The van der Waals surface area contributed by atoms with Crippen LogP contribution < -0.4 is 11.2 Å². The molecule has 0 aliphatic heterocycles. The fraction of sp³-hybridized carbons (Fsp3) is 0.263. The summed E-state index contributed by atoms with van der Waals surface area (Å²) >= 11 is 0. The minimum absolute atomic E-state index is 0.173. The van der Waals surface area contributed by atoms with Crippen molar-refractivity contribution >= 4 is 22.9 Å². The molecule has 0 aliphatic carbocycles. The number of nitrogens with zero attached hydrogens (tertiary/aromatic N) is 5. The Kier molecular flexibility index (Phi) is 4.14. The molecule has 0 amide bonds. The number of hydrogen-bond acceptors (Lipinski definition) is 5. The molecule has 0 atom stereocenters. The van der Waals surface area contributed by atoms with E-state index in [0.717, 1.165) is 15.9 Å². The molecule has 144 valence electrons. The van der Waals surface area contributed by atoms with Gasteiger partial charge < -0.3 is 4.74 Å². The number of rotatable bonds is 4. The third kappa shape index (κ3) is 2.55. The fourth-order valence-electron chi connectivity index (χ4n) is 3.38. The van der Waals surface area contributed by atoms with Crippen molar-refractivity contribution in [1.29, 1.82) is 0 Å². The molecule has 0 saturated carbocycles. The Balaban J connectivity index is 2.04. The van der Waals surface area contributed by atoms with Crippen LogP contribution in [0.5, 0.6) is 0 Å². The number of ether oxygens (including phenoxy) is 1. The van der Waals surface area contributed by atoms with Gasteiger partial charge in [-0.15, -0.1) is 0 Å². The van der Waals surface area contributed by atoms with Crippen LogP contribution in [0.25, 0.3) is 22.6 Å². The maximum atomic E-state index is 13.0. The molecule has 28 heavy (non-hydrogen) atoms. The number of fused-ring (bicyclic) bond motifs is 3. The van der Waals surface area contributed by atoms with Gasteiger partial charge in [-0.2, -0.15) is 4.98 Å². The molecule has 3 aromatic heterocycles. The average molecular weight is 381 g/mol. The molecule has 0 N–H and O–H groups in total. The predicted molar refractivity (Wildman–Crippen MR) is 103 cm³/mol. The van der Waals surface area contributed by atoms with E-state index < -0.39 is 23.8 Å². The zero-order valence-electron chi connectivity index (χ0n) is 15.7. The molecule has 4 aromatic rings. The summed E-state index contributed by atoms with van der Waals surface area (Å²) in [5, 5.41) is 0. The Morgan fingerprint density at radius 1 is 1.18 bits per heavy atom. The third-order valence-electron chi connectivity index (χ3n) is 4.63. The minimum Gasteiger partial charge on any atom is -0.465 e. The summed E-state index contributed by atoms with van der Waals surface area (Å²) in [7, 11) is 1.53. The van der Waals surface area contributed by atoms with Gasteiger partial charge in [0.25, 0.3) is 5.56 Å². The molecule has 0 radical (unpaired) electrons. The van der Waals surface area contributed by atoms with Crippen molar-refractivity contribution in [1.82, 2.24) is 23.1 Å². The second kappa shape index (κ2) is 6.52. The van der Waals surface area contributed by atoms with Crippen LogP contribution in [0, 0.1) is 6.92 Å². The van der Waals surface area contributed by atoms with E-state index in [1.165, 1.54) is 11.6 Å². The number of para-hydroxylation sites is 1. The normalized spacial score (nSPS) is 11.4. The molecular weight excluding hydrogens is 362 g/mol. The lowest BCUT2D eigenvalue weighted by Gasteiger charge is -2.07. The van der Waals surface area contributed by atoms with Gasteiger partial charge in [-0.25, -0.2) is 9.36 Å². The SMILES string of the molecule is CCOC(=O)Cn1c(=O)c2c(nc3n(-c4ccccc4)c(C)cn23)n(C)c1=O. The molecule has 9 nitrogen and oxygen atoms in total. The summed E-state index contributed by atoms with van der Waals surface area (Å²) in [5.74, 6) is -0.125. The Hall–Kier alpha value is -3.62. The highest BCUT2D eigenvalue weighted by atomic mass is 16.5. The van der Waals surface area contributed by atoms with E-state index in [4.69, 9.17) is 4.74 Å². The maximum Gasteiger partial charge on any atom is 0.333 e. The van der Waals surface area contributed by atoms with Crippen LogP contribution in [0.4, 0.5) is 0 Å². The first kappa shape index (κ1) is 17.8. The highest BCUT2D eigenvalue weighted by molar-refractivity contribution is 5.77. The lowest BCUT2D eigenvalue weighted by Crippen LogP contribution is -2.41. The van der Waals surface area contributed by atoms with Crippen LogP contribution in [0.1, 0.15) is 12.6 Å². The summed E-state index contributed by atoms with van der Waals surface area (Å²) < 4.78 is 10.6. The summed E-state index contributed by atoms with van der Waals surface area (Å²) in [6.45, 7) is 3.30. The number of aryl methyl sites for hydroxylation is 2. The molecule has 4 rings (SSSR count). The van der Waals surface area contributed by atoms with E-state index in [-0.39, 0.29) is 17.8 Å². The van der Waals surface area contributed by atoms with Crippen molar-refractivity contribution in [3.8, 4) is 5.69 Å². The summed E-state index contributed by atoms with van der Waals surface area (Å²) in [4.78, 5) is 42.1. The Bertz CT molecular complexity index is 1320. The molecule has 0 unspecified atom stereocenters. The van der Waals surface area contributed by atoms with E-state index in [0.29, 0.717) is 5.78 Å². The second-order valence-electron chi connectivity index (χ2n) is 6.43. The van der Waals surface area contributed by atoms with Crippen LogP contribution in [-0.2, 0) is 23.1 Å². The quantitative estimate of drug-likeness (QED) is 0.492. The topological polar surface area (TPSA) is 92.5 Å². The van der Waals surface area contributed by atoms with Crippen LogP contribution in [0.2, 0.25) is 0 Å². The smallest absolute Gasteiger partial charge is 0.333 e. The first-order valence-electron chi connectivity index (χ1n) is 8.85. The second-order valence-corrected chi connectivity index (χ2v) is 6.43. The van der Waals surface area contributed by atoms with Gasteiger partial charge in [0.05, 0.1) is 6.61 Å². The molecule has 0 saturated heterocycles. The number of esters is 1. The van der Waals surface area contributed by atoms with E-state index in [1.54, 1.807) is 17.5 Å². The standard InChI is InChI=1S/C19H19N5O4/c1-4-28-14(25)11-23-17(26)15-16(21(3)19(23)27)20-18-22(15)10-12(2)24(18)13-8-6-5-7-9-13/h5-10H,4,11H2,1-3H3. The molecule has 1 aromatic carbocycles. The first-order valence-corrected chi connectivity index (χ1v) is 8.85. The molecule has 3 heterocycles. The lowest BCUT2D eigenvalue weighted by molar-refractivity contribution is -0.143. The van der Waals surface area contributed by atoms with E-state index in [2.05, 4.69) is 4.98 Å². The van der Waals surface area contributed by atoms with E-state index >= 15 is 0 Å². The highest BCUT2D eigenvalue weighted by Gasteiger charge is 2.21. The van der Waals surface area contributed by atoms with Crippen molar-refractivity contribution in [3.63, 3.8) is 0 Å². The molecular formula is C19H19N5O4. The average Bonchev–Trinajstić information content (AvgIpc) is 3.19. The number of benzene rings is 1. The van der Waals surface area contributed by atoms with Gasteiger partial charge in [-0.05, 0) is 26.0 Å². The number of hydrogen-bond donors (Lipinski definition) is 0. The van der Waals surface area contributed by atoms with Crippen molar-refractivity contribution in [2.75, 3.05) is 6.61 Å². The number of aromatic nitrogens is 5. The van der Waals surface area contributed by atoms with Gasteiger partial charge in [0.2, 0.25) is 5.78 Å². The molecule has 9 heteroatoms. The van der Waals surface area contributed by atoms with Gasteiger partial charge >= 0.3 is 11.7 Å². The number of imidazole rings is 2. The number of carbonyl (C=O) groups is 1. The van der Waals surface area contributed by atoms with E-state index in [1.807, 2.05) is 41.8 Å². The van der Waals surface area contributed by atoms with Crippen LogP contribution in [-0.4, -0.2) is 35.7 Å². The molecule has 0 spiro atoms. The zero-order chi connectivity index (χ0) is 20.0. The van der Waals surface area contributed by atoms with Gasteiger partial charge in [0.1, 0.15) is 6.54 Å². The summed E-state index contributed by atoms with van der Waals surface area (Å²) in [6, 6.07) is 9.61. The summed E-state index contributed by atoms with van der Waals surface area (Å²) in [6.07, 6.45) is 1.79. The zero-order valence-corrected chi connectivity index (χ0v) is 15.7. The van der Waals surface area contributed by atoms with Crippen molar-refractivity contribution < 1.29 is 9.53 Å². The van der Waals surface area contributed by atoms with Crippen molar-refractivity contribution in [2.24, 2.45) is 7.05 Å². The van der Waals surface area contributed by atoms with Crippen LogP contribution >= 0.6 is 0 Å². The van der Waals surface area contributed by atoms with Gasteiger partial charge in [-0.1, -0.05) is 18.2 Å². The van der Waals surface area contributed by atoms with Gasteiger partial charge in [-0.3, -0.25) is 23.1 Å². The maximum absolute atomic E-state index is 13.0. The molecule has 0 aliphatic rings. The van der Waals surface area contributed by atoms with Crippen molar-refractivity contribution in [3.05, 3.63) is 63.1 Å². The van der Waals surface area contributed by atoms with Crippen molar-refractivity contribution in [2.45, 2.75) is 20.4 Å². The first-order chi connectivity index (χ1) is 13.4. The highest BCUT2D eigenvalue weighted by Crippen LogP contribution is 2.20. The third-order valence-corrected chi connectivity index (χ3v) is 4.63. The fourth-order valence-corrected chi connectivity index (χ4v) is 3.38. The Labute approximate surface area is 159 Å².